The average Bonchev–Trinajstić information content (AvgIpc) is 3.37. The zero-order valence-electron chi connectivity index (χ0n) is 24.3. The number of sulfonamides is 1. The van der Waals surface area contributed by atoms with Crippen LogP contribution in [-0.2, 0) is 25.8 Å². The molecule has 15 heteroatoms. The highest BCUT2D eigenvalue weighted by Crippen LogP contribution is 2.45. The molecule has 2 aliphatic rings. The molecule has 0 aliphatic carbocycles. The maximum absolute atomic E-state index is 13.7. The van der Waals surface area contributed by atoms with Crippen LogP contribution in [0.5, 0.6) is 0 Å². The van der Waals surface area contributed by atoms with Gasteiger partial charge in [-0.25, -0.2) is 13.1 Å². The number of alkyl halides is 3. The van der Waals surface area contributed by atoms with Crippen LogP contribution in [0.3, 0.4) is 0 Å². The van der Waals surface area contributed by atoms with Crippen molar-refractivity contribution in [3.8, 4) is 0 Å². The first-order valence-corrected chi connectivity index (χ1v) is 15.5. The molecule has 1 unspecified atom stereocenters. The molecular weight excluding hydrogens is 623 g/mol. The van der Waals surface area contributed by atoms with Crippen molar-refractivity contribution in [2.75, 3.05) is 19.6 Å². The molecule has 2 aromatic carbocycles. The van der Waals surface area contributed by atoms with Crippen molar-refractivity contribution in [1.29, 1.82) is 0 Å². The van der Waals surface area contributed by atoms with Crippen LogP contribution in [-0.4, -0.2) is 78.2 Å². The molecule has 0 saturated carbocycles. The van der Waals surface area contributed by atoms with Crippen LogP contribution in [0.25, 0.3) is 10.9 Å². The Hall–Kier alpha value is -3.62. The Morgan fingerprint density at radius 1 is 1.11 bits per heavy atom. The highest BCUT2D eigenvalue weighted by atomic mass is 35.5. The number of aromatic nitrogens is 1. The largest absolute Gasteiger partial charge is 0.416 e. The Kier molecular flexibility index (Phi) is 7.78. The summed E-state index contributed by atoms with van der Waals surface area (Å²) in [7, 11) is -4.55. The minimum absolute atomic E-state index is 0.112. The van der Waals surface area contributed by atoms with E-state index in [-0.39, 0.29) is 19.0 Å². The number of hydrogen-bond donors (Lipinski definition) is 3. The van der Waals surface area contributed by atoms with Gasteiger partial charge in [0.25, 0.3) is 5.91 Å². The zero-order valence-corrected chi connectivity index (χ0v) is 25.8. The maximum atomic E-state index is 13.7. The predicted octanol–water partition coefficient (Wildman–Crippen LogP) is 3.77. The lowest BCUT2D eigenvalue weighted by Crippen LogP contribution is -2.89. The van der Waals surface area contributed by atoms with Crippen LogP contribution >= 0.6 is 11.6 Å². The van der Waals surface area contributed by atoms with Crippen LogP contribution < -0.4 is 10.0 Å². The van der Waals surface area contributed by atoms with Gasteiger partial charge in [0.1, 0.15) is 16.6 Å². The molecule has 0 bridgehead atoms. The van der Waals surface area contributed by atoms with Crippen molar-refractivity contribution in [2.45, 2.75) is 56.4 Å². The van der Waals surface area contributed by atoms with E-state index in [1.807, 2.05) is 49.8 Å². The molecule has 3 atom stereocenters. The summed E-state index contributed by atoms with van der Waals surface area (Å²) in [6.45, 7) is 6.87. The van der Waals surface area contributed by atoms with Crippen LogP contribution in [0.1, 0.15) is 43.7 Å². The summed E-state index contributed by atoms with van der Waals surface area (Å²) in [5.41, 5.74) is -1.48. The Bertz CT molecular complexity index is 1740. The minimum atomic E-state index is -4.79. The SMILES string of the molecule is CC(C)(C)[C@H](NC(=O)c1cc2ccccc2[nH]1)C(=O)N1C[C@H]2N(C(=O)CNS(=O)(=O)c3cc(C(F)(F)F)ccc3Cl)CC21C. The molecule has 3 aromatic rings. The quantitative estimate of drug-likeness (QED) is 0.357. The number of carbonyl (C=O) groups excluding carboxylic acids is 3. The Labute approximate surface area is 257 Å². The van der Waals surface area contributed by atoms with E-state index in [0.29, 0.717) is 17.8 Å². The molecule has 3 N–H and O–H groups in total. The minimum Gasteiger partial charge on any atom is -0.351 e. The Morgan fingerprint density at radius 2 is 1.80 bits per heavy atom. The lowest BCUT2D eigenvalue weighted by molar-refractivity contribution is -0.206. The fraction of sp³-hybridized carbons (Fsp3) is 0.414. The van der Waals surface area contributed by atoms with E-state index in [1.165, 1.54) is 4.90 Å². The summed E-state index contributed by atoms with van der Waals surface area (Å²) in [5, 5.41) is 3.30. The fourth-order valence-electron chi connectivity index (χ4n) is 5.65. The number of H-pyrrole nitrogens is 1. The van der Waals surface area contributed by atoms with Crippen molar-refractivity contribution in [3.05, 3.63) is 64.8 Å². The van der Waals surface area contributed by atoms with Crippen LogP contribution in [0.15, 0.2) is 53.4 Å². The Morgan fingerprint density at radius 3 is 2.39 bits per heavy atom. The summed E-state index contributed by atoms with van der Waals surface area (Å²) in [6, 6.07) is 9.74. The zero-order chi connectivity index (χ0) is 32.4. The summed E-state index contributed by atoms with van der Waals surface area (Å²) in [4.78, 5) is 45.1. The molecule has 5 rings (SSSR count). The van der Waals surface area contributed by atoms with Crippen molar-refractivity contribution >= 4 is 50.2 Å². The number of benzene rings is 2. The second-order valence-corrected chi connectivity index (χ2v) is 14.5. The molecular formula is C29H31ClF3N5O5S. The number of carbonyl (C=O) groups is 3. The number of aromatic amines is 1. The summed E-state index contributed by atoms with van der Waals surface area (Å²) < 4.78 is 66.8. The number of piperazine rings is 1. The molecule has 0 radical (unpaired) electrons. The van der Waals surface area contributed by atoms with Gasteiger partial charge in [0.2, 0.25) is 21.8 Å². The molecule has 1 aromatic heterocycles. The third-order valence-electron chi connectivity index (χ3n) is 8.27. The fourth-order valence-corrected chi connectivity index (χ4v) is 7.15. The predicted molar refractivity (Wildman–Crippen MR) is 156 cm³/mol. The summed E-state index contributed by atoms with van der Waals surface area (Å²) in [5.74, 6) is -1.35. The molecule has 2 fully saturated rings. The normalized spacial score (nSPS) is 20.9. The number of nitrogens with zero attached hydrogens (tertiary/aromatic N) is 2. The van der Waals surface area contributed by atoms with E-state index in [9.17, 15) is 36.0 Å². The van der Waals surface area contributed by atoms with Crippen LogP contribution in [0.4, 0.5) is 13.2 Å². The van der Waals surface area contributed by atoms with Gasteiger partial charge in [-0.05, 0) is 42.7 Å². The van der Waals surface area contributed by atoms with E-state index in [4.69, 9.17) is 11.6 Å². The maximum Gasteiger partial charge on any atom is 0.416 e. The van der Waals surface area contributed by atoms with Gasteiger partial charge in [0.05, 0.1) is 28.7 Å². The number of hydrogen-bond acceptors (Lipinski definition) is 5. The van der Waals surface area contributed by atoms with Gasteiger partial charge in [-0.15, -0.1) is 0 Å². The number of amides is 3. The second-order valence-electron chi connectivity index (χ2n) is 12.4. The van der Waals surface area contributed by atoms with Crippen LogP contribution in [0, 0.1) is 5.41 Å². The van der Waals surface area contributed by atoms with Gasteiger partial charge in [-0.1, -0.05) is 50.6 Å². The lowest BCUT2D eigenvalue weighted by atomic mass is 9.70. The molecule has 2 saturated heterocycles. The highest BCUT2D eigenvalue weighted by Gasteiger charge is 2.65. The molecule has 3 heterocycles. The number of rotatable bonds is 7. The highest BCUT2D eigenvalue weighted by molar-refractivity contribution is 7.89. The molecule has 44 heavy (non-hydrogen) atoms. The Balaban J connectivity index is 1.22. The van der Waals surface area contributed by atoms with E-state index >= 15 is 0 Å². The second kappa shape index (κ2) is 10.8. The van der Waals surface area contributed by atoms with Gasteiger partial charge in [0, 0.05) is 24.0 Å². The van der Waals surface area contributed by atoms with Crippen LogP contribution in [0.2, 0.25) is 5.02 Å². The number of nitrogens with one attached hydrogen (secondary N) is 3. The molecule has 236 valence electrons. The summed E-state index contributed by atoms with van der Waals surface area (Å²) in [6.07, 6.45) is -4.79. The van der Waals surface area contributed by atoms with Crippen molar-refractivity contribution in [3.63, 3.8) is 0 Å². The molecule has 10 nitrogen and oxygen atoms in total. The van der Waals surface area contributed by atoms with E-state index in [1.54, 1.807) is 17.9 Å². The molecule has 3 amide bonds. The van der Waals surface area contributed by atoms with Gasteiger partial charge in [-0.2, -0.15) is 13.2 Å². The lowest BCUT2D eigenvalue weighted by Gasteiger charge is -2.69. The van der Waals surface area contributed by atoms with Gasteiger partial charge in [0.15, 0.2) is 0 Å². The topological polar surface area (TPSA) is 132 Å². The third kappa shape index (κ3) is 5.66. The van der Waals surface area contributed by atoms with Crippen molar-refractivity contribution < 1.29 is 36.0 Å². The number of fused-ring (bicyclic) bond motifs is 2. The van der Waals surface area contributed by atoms with E-state index < -0.39 is 73.1 Å². The molecule has 0 spiro atoms. The van der Waals surface area contributed by atoms with Gasteiger partial charge in [-0.3, -0.25) is 14.4 Å². The third-order valence-corrected chi connectivity index (χ3v) is 10.2. The average molecular weight is 654 g/mol. The van der Waals surface area contributed by atoms with Gasteiger partial charge >= 0.3 is 6.18 Å². The first-order valence-electron chi connectivity index (χ1n) is 13.7. The monoisotopic (exact) mass is 653 g/mol. The van der Waals surface area contributed by atoms with Crippen molar-refractivity contribution in [1.82, 2.24) is 24.8 Å². The number of halogens is 4. The van der Waals surface area contributed by atoms with E-state index in [2.05, 4.69) is 10.3 Å². The number of para-hydroxylation sites is 1. The smallest absolute Gasteiger partial charge is 0.351 e. The first-order chi connectivity index (χ1) is 20.3. The van der Waals surface area contributed by atoms with Gasteiger partial charge < -0.3 is 20.1 Å². The number of likely N-dealkylation sites (tertiary alicyclic amines) is 2. The van der Waals surface area contributed by atoms with Crippen molar-refractivity contribution in [2.24, 2.45) is 5.41 Å². The van der Waals surface area contributed by atoms with E-state index in [0.717, 1.165) is 17.0 Å². The summed E-state index contributed by atoms with van der Waals surface area (Å²) >= 11 is 5.86. The molecule has 2 aliphatic heterocycles. The standard InChI is InChI=1S/C29H31ClF3N5O5S/c1-27(2,3)24(36-25(40)20-11-16-7-5-6-8-19(16)35-20)26(41)38-14-22-28(38,4)15-37(22)23(39)13-34-44(42,43)21-12-17(29(31,32)33)9-10-18(21)30/h5-12,22,24,34-35H,13-15H2,1-4H3,(H,36,40)/t22-,24-,28?/m1/s1. The first kappa shape index (κ1) is 31.8.